The number of hydrogen-bond donors (Lipinski definition) is 2. The third kappa shape index (κ3) is 3.38. The highest BCUT2D eigenvalue weighted by molar-refractivity contribution is 7.13. The molecule has 0 aliphatic carbocycles. The maximum Gasteiger partial charge on any atom is 0.284 e. The standard InChI is InChI=1S/C22H18N4O3S/c23-11-15-14(13-4-5-18-19(10-13)29-9-8-28-18)2-1-3-16(15)25-21(27)22-26-17-6-7-24-12-20(17)30-22/h1-5,10,24H,6-9,12H2,(H,25,27). The zero-order chi connectivity index (χ0) is 20.5. The fourth-order valence-electron chi connectivity index (χ4n) is 3.63. The number of amides is 1. The van der Waals surface area contributed by atoms with Gasteiger partial charge in [0.1, 0.15) is 19.3 Å². The minimum absolute atomic E-state index is 0.301. The normalized spacial score (nSPS) is 14.5. The molecule has 0 saturated carbocycles. The molecule has 7 nitrogen and oxygen atoms in total. The van der Waals surface area contributed by atoms with Crippen LogP contribution in [0.15, 0.2) is 36.4 Å². The first-order valence-corrected chi connectivity index (χ1v) is 10.5. The van der Waals surface area contributed by atoms with Crippen molar-refractivity contribution < 1.29 is 14.3 Å². The molecule has 2 N–H and O–H groups in total. The van der Waals surface area contributed by atoms with E-state index in [-0.39, 0.29) is 5.91 Å². The molecule has 150 valence electrons. The fraction of sp³-hybridized carbons (Fsp3) is 0.227. The zero-order valence-electron chi connectivity index (χ0n) is 16.0. The van der Waals surface area contributed by atoms with Gasteiger partial charge >= 0.3 is 0 Å². The molecular weight excluding hydrogens is 400 g/mol. The highest BCUT2D eigenvalue weighted by Gasteiger charge is 2.21. The molecule has 1 amide bonds. The third-order valence-corrected chi connectivity index (χ3v) is 6.17. The monoisotopic (exact) mass is 418 g/mol. The van der Waals surface area contributed by atoms with Gasteiger partial charge in [0.15, 0.2) is 16.5 Å². The van der Waals surface area contributed by atoms with Crippen LogP contribution >= 0.6 is 11.3 Å². The van der Waals surface area contributed by atoms with Crippen molar-refractivity contribution in [1.82, 2.24) is 10.3 Å². The van der Waals surface area contributed by atoms with E-state index in [2.05, 4.69) is 21.7 Å². The van der Waals surface area contributed by atoms with Gasteiger partial charge in [-0.2, -0.15) is 5.26 Å². The van der Waals surface area contributed by atoms with E-state index in [4.69, 9.17) is 9.47 Å². The Morgan fingerprint density at radius 3 is 2.90 bits per heavy atom. The summed E-state index contributed by atoms with van der Waals surface area (Å²) in [6, 6.07) is 13.2. The summed E-state index contributed by atoms with van der Waals surface area (Å²) in [6.45, 7) is 2.62. The van der Waals surface area contributed by atoms with Gasteiger partial charge in [0.05, 0.1) is 16.9 Å². The van der Waals surface area contributed by atoms with Crippen molar-refractivity contribution in [2.24, 2.45) is 0 Å². The molecule has 3 heterocycles. The lowest BCUT2D eigenvalue weighted by molar-refractivity contribution is 0.102. The summed E-state index contributed by atoms with van der Waals surface area (Å²) in [5.74, 6) is 1.04. The molecule has 2 aliphatic rings. The van der Waals surface area contributed by atoms with Crippen LogP contribution in [0.3, 0.4) is 0 Å². The molecule has 2 aliphatic heterocycles. The van der Waals surface area contributed by atoms with E-state index in [0.29, 0.717) is 41.0 Å². The minimum Gasteiger partial charge on any atom is -0.486 e. The lowest BCUT2D eigenvalue weighted by atomic mass is 9.98. The van der Waals surface area contributed by atoms with Crippen LogP contribution in [-0.2, 0) is 13.0 Å². The lowest BCUT2D eigenvalue weighted by Crippen LogP contribution is -2.22. The molecule has 2 aromatic carbocycles. The molecule has 0 radical (unpaired) electrons. The molecule has 30 heavy (non-hydrogen) atoms. The number of benzene rings is 2. The topological polar surface area (TPSA) is 96.3 Å². The summed E-state index contributed by atoms with van der Waals surface area (Å²) < 4.78 is 11.2. The average molecular weight is 418 g/mol. The van der Waals surface area contributed by atoms with Crippen molar-refractivity contribution in [3.63, 3.8) is 0 Å². The fourth-order valence-corrected chi connectivity index (χ4v) is 4.60. The Morgan fingerprint density at radius 2 is 2.07 bits per heavy atom. The van der Waals surface area contributed by atoms with Crippen molar-refractivity contribution in [1.29, 1.82) is 5.26 Å². The number of thiazole rings is 1. The summed E-state index contributed by atoms with van der Waals surface area (Å²) in [7, 11) is 0. The minimum atomic E-state index is -0.301. The Labute approximate surface area is 177 Å². The Bertz CT molecular complexity index is 1160. The number of fused-ring (bicyclic) bond motifs is 2. The maximum atomic E-state index is 12.8. The maximum absolute atomic E-state index is 12.8. The van der Waals surface area contributed by atoms with Crippen LogP contribution in [0.1, 0.15) is 25.9 Å². The van der Waals surface area contributed by atoms with Crippen LogP contribution in [0.25, 0.3) is 11.1 Å². The zero-order valence-corrected chi connectivity index (χ0v) is 16.8. The van der Waals surface area contributed by atoms with E-state index in [9.17, 15) is 10.1 Å². The van der Waals surface area contributed by atoms with Gasteiger partial charge in [-0.15, -0.1) is 11.3 Å². The van der Waals surface area contributed by atoms with Gasteiger partial charge < -0.3 is 20.1 Å². The van der Waals surface area contributed by atoms with Crippen molar-refractivity contribution in [3.8, 4) is 28.7 Å². The second kappa shape index (κ2) is 7.78. The summed E-state index contributed by atoms with van der Waals surface area (Å²) in [5.41, 5.74) is 3.37. The molecule has 0 unspecified atom stereocenters. The number of nitrogens with one attached hydrogen (secondary N) is 2. The quantitative estimate of drug-likeness (QED) is 0.677. The number of anilines is 1. The van der Waals surface area contributed by atoms with Crippen LogP contribution < -0.4 is 20.1 Å². The van der Waals surface area contributed by atoms with Gasteiger partial charge in [0, 0.05) is 30.0 Å². The van der Waals surface area contributed by atoms with Crippen molar-refractivity contribution in [2.45, 2.75) is 13.0 Å². The van der Waals surface area contributed by atoms with E-state index in [0.717, 1.165) is 41.2 Å². The van der Waals surface area contributed by atoms with Crippen LogP contribution in [0.2, 0.25) is 0 Å². The van der Waals surface area contributed by atoms with Gasteiger partial charge in [-0.05, 0) is 23.8 Å². The van der Waals surface area contributed by atoms with E-state index < -0.39 is 0 Å². The first kappa shape index (κ1) is 18.6. The van der Waals surface area contributed by atoms with Crippen LogP contribution in [0.5, 0.6) is 11.5 Å². The summed E-state index contributed by atoms with van der Waals surface area (Å²) in [6.07, 6.45) is 0.822. The largest absolute Gasteiger partial charge is 0.486 e. The predicted molar refractivity (Wildman–Crippen MR) is 113 cm³/mol. The Kier molecular flexibility index (Phi) is 4.83. The molecule has 5 rings (SSSR count). The van der Waals surface area contributed by atoms with Crippen molar-refractivity contribution in [2.75, 3.05) is 25.1 Å². The van der Waals surface area contributed by atoms with Gasteiger partial charge in [0.2, 0.25) is 0 Å². The molecule has 0 atom stereocenters. The van der Waals surface area contributed by atoms with Crippen molar-refractivity contribution >= 4 is 22.9 Å². The first-order chi connectivity index (χ1) is 14.7. The molecule has 0 spiro atoms. The van der Waals surface area contributed by atoms with Gasteiger partial charge in [-0.3, -0.25) is 4.79 Å². The number of rotatable bonds is 3. The summed E-state index contributed by atoms with van der Waals surface area (Å²) in [4.78, 5) is 18.4. The third-order valence-electron chi connectivity index (χ3n) is 5.07. The Balaban J connectivity index is 1.46. The van der Waals surface area contributed by atoms with Crippen molar-refractivity contribution in [3.05, 3.63) is 57.5 Å². The second-order valence-electron chi connectivity index (χ2n) is 6.97. The molecule has 1 aromatic heterocycles. The van der Waals surface area contributed by atoms with Crippen LogP contribution in [0.4, 0.5) is 5.69 Å². The second-order valence-corrected chi connectivity index (χ2v) is 8.05. The lowest BCUT2D eigenvalue weighted by Gasteiger charge is -2.19. The van der Waals surface area contributed by atoms with E-state index >= 15 is 0 Å². The predicted octanol–water partition coefficient (Wildman–Crippen LogP) is 3.35. The highest BCUT2D eigenvalue weighted by Crippen LogP contribution is 2.37. The molecule has 0 saturated heterocycles. The SMILES string of the molecule is N#Cc1c(NC(=O)c2nc3c(s2)CNCC3)cccc1-c1ccc2c(c1)OCCO2. The van der Waals surface area contributed by atoms with E-state index in [1.54, 1.807) is 6.07 Å². The number of carbonyl (C=O) groups is 1. The first-order valence-electron chi connectivity index (χ1n) is 9.67. The number of ether oxygens (including phenoxy) is 2. The van der Waals surface area contributed by atoms with Gasteiger partial charge in [-0.1, -0.05) is 18.2 Å². The van der Waals surface area contributed by atoms with E-state index in [1.165, 1.54) is 11.3 Å². The molecule has 3 aromatic rings. The Hall–Kier alpha value is -3.41. The highest BCUT2D eigenvalue weighted by atomic mass is 32.1. The number of carbonyl (C=O) groups excluding carboxylic acids is 1. The van der Waals surface area contributed by atoms with Gasteiger partial charge in [0.25, 0.3) is 5.91 Å². The summed E-state index contributed by atoms with van der Waals surface area (Å²) >= 11 is 1.39. The molecule has 0 bridgehead atoms. The van der Waals surface area contributed by atoms with Crippen LogP contribution in [-0.4, -0.2) is 30.6 Å². The number of nitrogens with zero attached hydrogens (tertiary/aromatic N) is 2. The number of aromatic nitrogens is 1. The molecule has 8 heteroatoms. The smallest absolute Gasteiger partial charge is 0.284 e. The molecular formula is C22H18N4O3S. The van der Waals surface area contributed by atoms with E-state index in [1.807, 2.05) is 30.3 Å². The molecule has 0 fully saturated rings. The van der Waals surface area contributed by atoms with Gasteiger partial charge in [-0.25, -0.2) is 4.98 Å². The summed E-state index contributed by atoms with van der Waals surface area (Å²) in [5, 5.41) is 16.4. The number of nitriles is 1. The number of hydrogen-bond acceptors (Lipinski definition) is 7. The Morgan fingerprint density at radius 1 is 1.20 bits per heavy atom. The average Bonchev–Trinajstić information content (AvgIpc) is 3.23. The van der Waals surface area contributed by atoms with Crippen LogP contribution in [0, 0.1) is 11.3 Å².